The van der Waals surface area contributed by atoms with Crippen LogP contribution >= 0.6 is 15.9 Å². The van der Waals surface area contributed by atoms with Crippen LogP contribution in [-0.2, 0) is 13.1 Å². The van der Waals surface area contributed by atoms with Gasteiger partial charge in [-0.1, -0.05) is 13.3 Å². The van der Waals surface area contributed by atoms with Gasteiger partial charge in [0.05, 0.1) is 24.1 Å². The van der Waals surface area contributed by atoms with Crippen molar-refractivity contribution in [3.63, 3.8) is 0 Å². The Hall–Kier alpha value is -1.76. The predicted molar refractivity (Wildman–Crippen MR) is 80.5 cm³/mol. The maximum absolute atomic E-state index is 12.1. The van der Waals surface area contributed by atoms with Crippen molar-refractivity contribution in [3.8, 4) is 0 Å². The summed E-state index contributed by atoms with van der Waals surface area (Å²) >= 11 is 3.32. The van der Waals surface area contributed by atoms with Crippen molar-refractivity contribution in [2.45, 2.75) is 32.9 Å². The van der Waals surface area contributed by atoms with Crippen molar-refractivity contribution in [2.75, 3.05) is 5.32 Å². The van der Waals surface area contributed by atoms with Gasteiger partial charge in [0.25, 0.3) is 5.56 Å². The van der Waals surface area contributed by atoms with E-state index in [1.54, 1.807) is 12.4 Å². The van der Waals surface area contributed by atoms with Gasteiger partial charge in [-0.2, -0.15) is 15.3 Å². The van der Waals surface area contributed by atoms with Gasteiger partial charge >= 0.3 is 0 Å². The van der Waals surface area contributed by atoms with Crippen LogP contribution in [0.4, 0.5) is 5.69 Å². The normalized spacial score (nSPS) is 10.5. The van der Waals surface area contributed by atoms with Crippen LogP contribution in [0.15, 0.2) is 33.8 Å². The molecule has 2 heterocycles. The number of aromatic nitrogens is 4. The number of rotatable bonds is 6. The fraction of sp³-hybridized carbons (Fsp3) is 0.385. The first-order valence-electron chi connectivity index (χ1n) is 6.48. The maximum Gasteiger partial charge on any atom is 0.283 e. The van der Waals surface area contributed by atoms with Crippen molar-refractivity contribution >= 4 is 21.6 Å². The molecule has 20 heavy (non-hydrogen) atoms. The first kappa shape index (κ1) is 14.6. The molecule has 6 nitrogen and oxygen atoms in total. The number of halogens is 1. The van der Waals surface area contributed by atoms with Crippen molar-refractivity contribution in [1.82, 2.24) is 20.0 Å². The Labute approximate surface area is 125 Å². The minimum atomic E-state index is -0.123. The van der Waals surface area contributed by atoms with Crippen molar-refractivity contribution in [1.29, 1.82) is 0 Å². The Kier molecular flexibility index (Phi) is 5.23. The molecular formula is C13H16BrN5O. The Bertz CT molecular complexity index is 614. The molecule has 0 aliphatic carbocycles. The van der Waals surface area contributed by atoms with Gasteiger partial charge in [0, 0.05) is 12.7 Å². The molecule has 2 rings (SSSR count). The molecule has 0 aliphatic rings. The Morgan fingerprint density at radius 2 is 2.30 bits per heavy atom. The molecule has 0 aromatic carbocycles. The number of nitrogens with one attached hydrogen (secondary N) is 1. The average molecular weight is 338 g/mol. The second kappa shape index (κ2) is 7.14. The molecule has 0 spiro atoms. The van der Waals surface area contributed by atoms with Gasteiger partial charge in [0.1, 0.15) is 4.47 Å². The quantitative estimate of drug-likeness (QED) is 0.874. The average Bonchev–Trinajstić information content (AvgIpc) is 2.49. The highest BCUT2D eigenvalue weighted by Gasteiger charge is 2.08. The second-order valence-corrected chi connectivity index (χ2v) is 5.12. The highest BCUT2D eigenvalue weighted by molar-refractivity contribution is 9.10. The van der Waals surface area contributed by atoms with Gasteiger partial charge in [0.15, 0.2) is 0 Å². The minimum Gasteiger partial charge on any atom is -0.377 e. The SMILES string of the molecule is CCCCn1ncc(NCc2cccnn2)c(Br)c1=O. The fourth-order valence-corrected chi connectivity index (χ4v) is 2.12. The third-order valence-corrected chi connectivity index (χ3v) is 3.56. The molecule has 0 fully saturated rings. The highest BCUT2D eigenvalue weighted by Crippen LogP contribution is 2.16. The monoisotopic (exact) mass is 337 g/mol. The zero-order valence-electron chi connectivity index (χ0n) is 11.2. The standard InChI is InChI=1S/C13H16BrN5O/c1-2-3-7-19-13(20)12(14)11(9-17-19)15-8-10-5-4-6-16-18-10/h4-6,9,15H,2-3,7-8H2,1H3. The number of hydrogen-bond acceptors (Lipinski definition) is 5. The van der Waals surface area contributed by atoms with Crippen LogP contribution in [0.2, 0.25) is 0 Å². The summed E-state index contributed by atoms with van der Waals surface area (Å²) in [6.07, 6.45) is 5.23. The first-order valence-corrected chi connectivity index (χ1v) is 7.27. The van der Waals surface area contributed by atoms with E-state index in [4.69, 9.17) is 0 Å². The summed E-state index contributed by atoms with van der Waals surface area (Å²) in [5.41, 5.74) is 1.34. The fourth-order valence-electron chi connectivity index (χ4n) is 1.67. The van der Waals surface area contributed by atoms with E-state index in [9.17, 15) is 4.79 Å². The summed E-state index contributed by atoms with van der Waals surface area (Å²) in [5.74, 6) is 0. The Morgan fingerprint density at radius 3 is 3.00 bits per heavy atom. The lowest BCUT2D eigenvalue weighted by atomic mass is 10.3. The Morgan fingerprint density at radius 1 is 1.45 bits per heavy atom. The molecule has 1 N–H and O–H groups in total. The molecule has 7 heteroatoms. The molecule has 0 bridgehead atoms. The van der Waals surface area contributed by atoms with Crippen LogP contribution in [0, 0.1) is 0 Å². The summed E-state index contributed by atoms with van der Waals surface area (Å²) in [4.78, 5) is 12.1. The van der Waals surface area contributed by atoms with Crippen LogP contribution in [0.1, 0.15) is 25.5 Å². The molecular weight excluding hydrogens is 322 g/mol. The minimum absolute atomic E-state index is 0.123. The summed E-state index contributed by atoms with van der Waals surface area (Å²) in [7, 11) is 0. The highest BCUT2D eigenvalue weighted by atomic mass is 79.9. The smallest absolute Gasteiger partial charge is 0.283 e. The van der Waals surface area contributed by atoms with Crippen molar-refractivity contribution < 1.29 is 0 Å². The van der Waals surface area contributed by atoms with Gasteiger partial charge in [-0.05, 0) is 34.5 Å². The summed E-state index contributed by atoms with van der Waals surface area (Å²) < 4.78 is 1.97. The summed E-state index contributed by atoms with van der Waals surface area (Å²) in [5, 5.41) is 15.1. The molecule has 0 unspecified atom stereocenters. The molecule has 0 aliphatic heterocycles. The van der Waals surface area contributed by atoms with Crippen LogP contribution in [0.5, 0.6) is 0 Å². The van der Waals surface area contributed by atoms with E-state index < -0.39 is 0 Å². The van der Waals surface area contributed by atoms with E-state index in [1.165, 1.54) is 4.68 Å². The zero-order chi connectivity index (χ0) is 14.4. The number of nitrogens with zero attached hydrogens (tertiary/aromatic N) is 4. The third-order valence-electron chi connectivity index (χ3n) is 2.80. The molecule has 0 atom stereocenters. The van der Waals surface area contributed by atoms with Crippen LogP contribution < -0.4 is 10.9 Å². The molecule has 2 aromatic rings. The number of unbranched alkanes of at least 4 members (excludes halogenated alkanes) is 1. The maximum atomic E-state index is 12.1. The molecule has 0 saturated carbocycles. The molecule has 0 amide bonds. The molecule has 0 radical (unpaired) electrons. The topological polar surface area (TPSA) is 72.7 Å². The number of anilines is 1. The van der Waals surface area contributed by atoms with Crippen LogP contribution in [0.25, 0.3) is 0 Å². The van der Waals surface area contributed by atoms with Gasteiger partial charge in [-0.15, -0.1) is 0 Å². The third kappa shape index (κ3) is 3.63. The lowest BCUT2D eigenvalue weighted by Crippen LogP contribution is -2.24. The van der Waals surface area contributed by atoms with E-state index in [1.807, 2.05) is 12.1 Å². The largest absolute Gasteiger partial charge is 0.377 e. The summed E-state index contributed by atoms with van der Waals surface area (Å²) in [6.45, 7) is 3.21. The summed E-state index contributed by atoms with van der Waals surface area (Å²) in [6, 6.07) is 3.68. The lowest BCUT2D eigenvalue weighted by Gasteiger charge is -2.09. The first-order chi connectivity index (χ1) is 9.72. The van der Waals surface area contributed by atoms with Crippen LogP contribution in [-0.4, -0.2) is 20.0 Å². The van der Waals surface area contributed by atoms with E-state index >= 15 is 0 Å². The van der Waals surface area contributed by atoms with E-state index in [-0.39, 0.29) is 5.56 Å². The van der Waals surface area contributed by atoms with Gasteiger partial charge in [0.2, 0.25) is 0 Å². The van der Waals surface area contributed by atoms with Gasteiger partial charge in [-0.3, -0.25) is 4.79 Å². The molecule has 106 valence electrons. The Balaban J connectivity index is 2.09. The lowest BCUT2D eigenvalue weighted by molar-refractivity contribution is 0.541. The van der Waals surface area contributed by atoms with E-state index in [2.05, 4.69) is 43.5 Å². The predicted octanol–water partition coefficient (Wildman–Crippen LogP) is 2.21. The van der Waals surface area contributed by atoms with Crippen LogP contribution in [0.3, 0.4) is 0 Å². The number of hydrogen-bond donors (Lipinski definition) is 1. The van der Waals surface area contributed by atoms with Gasteiger partial charge in [-0.25, -0.2) is 4.68 Å². The van der Waals surface area contributed by atoms with Gasteiger partial charge < -0.3 is 5.32 Å². The second-order valence-electron chi connectivity index (χ2n) is 4.32. The zero-order valence-corrected chi connectivity index (χ0v) is 12.8. The number of aryl methyl sites for hydroxylation is 1. The molecule has 2 aromatic heterocycles. The van der Waals surface area contributed by atoms with E-state index in [0.717, 1.165) is 18.5 Å². The van der Waals surface area contributed by atoms with E-state index in [0.29, 0.717) is 23.2 Å². The van der Waals surface area contributed by atoms with Crippen molar-refractivity contribution in [2.24, 2.45) is 0 Å². The molecule has 0 saturated heterocycles. The van der Waals surface area contributed by atoms with Crippen molar-refractivity contribution in [3.05, 3.63) is 45.0 Å².